The van der Waals surface area contributed by atoms with Crippen molar-refractivity contribution in [2.45, 2.75) is 52.5 Å². The maximum Gasteiger partial charge on any atom is 0.319 e. The van der Waals surface area contributed by atoms with Crippen molar-refractivity contribution in [3.8, 4) is 0 Å². The lowest BCUT2D eigenvalue weighted by Crippen LogP contribution is -2.57. The average Bonchev–Trinajstić information content (AvgIpc) is 3.16. The molecule has 0 unspecified atom stereocenters. The summed E-state index contributed by atoms with van der Waals surface area (Å²) < 4.78 is 0. The fourth-order valence-corrected chi connectivity index (χ4v) is 4.23. The highest BCUT2D eigenvalue weighted by atomic mass is 35.5. The fraction of sp³-hybridized carbons (Fsp3) is 0.571. The molecular weight excluding hydrogens is 443 g/mol. The van der Waals surface area contributed by atoms with Crippen LogP contribution in [0.4, 0.5) is 10.5 Å². The molecule has 1 atom stereocenters. The Morgan fingerprint density at radius 1 is 1.13 bits per heavy atom. The maximum atomic E-state index is 13.4. The predicted molar refractivity (Wildman–Crippen MR) is 120 cm³/mol. The van der Waals surface area contributed by atoms with E-state index in [0.717, 1.165) is 25.7 Å². The van der Waals surface area contributed by atoms with Crippen molar-refractivity contribution in [3.05, 3.63) is 28.2 Å². The van der Waals surface area contributed by atoms with E-state index in [1.807, 2.05) is 20.8 Å². The number of nitrogens with zero attached hydrogens (tertiary/aromatic N) is 1. The van der Waals surface area contributed by atoms with Gasteiger partial charge in [0.15, 0.2) is 0 Å². The zero-order chi connectivity index (χ0) is 23.2. The first-order valence-electron chi connectivity index (χ1n) is 10.2. The van der Waals surface area contributed by atoms with Crippen LogP contribution in [0.5, 0.6) is 0 Å². The van der Waals surface area contributed by atoms with Gasteiger partial charge in [0.1, 0.15) is 12.6 Å². The quantitative estimate of drug-likeness (QED) is 0.354. The number of nitrogens with one attached hydrogen (secondary N) is 3. The van der Waals surface area contributed by atoms with Gasteiger partial charge in [-0.15, -0.1) is 0 Å². The van der Waals surface area contributed by atoms with Crippen LogP contribution < -0.4 is 16.1 Å². The maximum absolute atomic E-state index is 13.4. The SMILES string of the molecule is CC(C)(C)[C@H](NC(=O)Nc1cc(Cl)cc(Cl)c1)C(=O)N(CC(=O)NO)CC1CCCC1. The van der Waals surface area contributed by atoms with E-state index in [1.165, 1.54) is 4.90 Å². The van der Waals surface area contributed by atoms with E-state index >= 15 is 0 Å². The van der Waals surface area contributed by atoms with E-state index in [0.29, 0.717) is 28.2 Å². The molecule has 0 aromatic heterocycles. The lowest BCUT2D eigenvalue weighted by molar-refractivity contribution is -0.142. The third kappa shape index (κ3) is 7.87. The second-order valence-electron chi connectivity index (χ2n) is 8.96. The summed E-state index contributed by atoms with van der Waals surface area (Å²) in [5.41, 5.74) is 1.33. The first-order chi connectivity index (χ1) is 14.5. The zero-order valence-corrected chi connectivity index (χ0v) is 19.5. The summed E-state index contributed by atoms with van der Waals surface area (Å²) >= 11 is 11.9. The van der Waals surface area contributed by atoms with E-state index in [4.69, 9.17) is 28.4 Å². The van der Waals surface area contributed by atoms with Crippen LogP contribution in [0.25, 0.3) is 0 Å². The third-order valence-corrected chi connectivity index (χ3v) is 5.67. The second-order valence-corrected chi connectivity index (χ2v) is 9.83. The molecule has 172 valence electrons. The number of benzene rings is 1. The molecule has 1 saturated carbocycles. The molecule has 2 rings (SSSR count). The summed E-state index contributed by atoms with van der Waals surface area (Å²) in [6.07, 6.45) is 4.14. The fourth-order valence-electron chi connectivity index (χ4n) is 3.70. The summed E-state index contributed by atoms with van der Waals surface area (Å²) in [6, 6.07) is 3.12. The van der Waals surface area contributed by atoms with Crippen molar-refractivity contribution in [1.82, 2.24) is 15.7 Å². The van der Waals surface area contributed by atoms with Crippen molar-refractivity contribution in [2.75, 3.05) is 18.4 Å². The molecule has 10 heteroatoms. The first-order valence-corrected chi connectivity index (χ1v) is 11.0. The van der Waals surface area contributed by atoms with Gasteiger partial charge in [0, 0.05) is 22.3 Å². The van der Waals surface area contributed by atoms with Gasteiger partial charge in [-0.1, -0.05) is 56.8 Å². The Balaban J connectivity index is 2.17. The van der Waals surface area contributed by atoms with Crippen LogP contribution in [0, 0.1) is 11.3 Å². The molecule has 1 aromatic carbocycles. The smallest absolute Gasteiger partial charge is 0.319 e. The number of rotatable bonds is 7. The summed E-state index contributed by atoms with van der Waals surface area (Å²) in [5.74, 6) is -0.780. The molecule has 1 aliphatic carbocycles. The highest BCUT2D eigenvalue weighted by molar-refractivity contribution is 6.35. The molecule has 0 spiro atoms. The Morgan fingerprint density at radius 2 is 1.71 bits per heavy atom. The summed E-state index contributed by atoms with van der Waals surface area (Å²) in [4.78, 5) is 39.3. The Labute approximate surface area is 192 Å². The molecule has 1 aliphatic rings. The van der Waals surface area contributed by atoms with Gasteiger partial charge in [0.25, 0.3) is 5.91 Å². The molecule has 1 aromatic rings. The predicted octanol–water partition coefficient (Wildman–Crippen LogP) is 4.05. The third-order valence-electron chi connectivity index (χ3n) is 5.23. The van der Waals surface area contributed by atoms with E-state index in [9.17, 15) is 14.4 Å². The molecule has 1 fully saturated rings. The topological polar surface area (TPSA) is 111 Å². The molecule has 0 aliphatic heterocycles. The van der Waals surface area contributed by atoms with Crippen molar-refractivity contribution in [1.29, 1.82) is 0 Å². The average molecular weight is 473 g/mol. The van der Waals surface area contributed by atoms with Crippen LogP contribution >= 0.6 is 23.2 Å². The molecule has 0 radical (unpaired) electrons. The summed E-state index contributed by atoms with van der Waals surface area (Å²) in [7, 11) is 0. The van der Waals surface area contributed by atoms with Crippen molar-refractivity contribution < 1.29 is 19.6 Å². The normalized spacial score (nSPS) is 15.3. The van der Waals surface area contributed by atoms with Crippen molar-refractivity contribution in [3.63, 3.8) is 0 Å². The molecule has 0 saturated heterocycles. The number of hydroxylamine groups is 1. The monoisotopic (exact) mass is 472 g/mol. The molecule has 4 amide bonds. The molecule has 31 heavy (non-hydrogen) atoms. The van der Waals surface area contributed by atoms with Crippen LogP contribution in [-0.4, -0.2) is 47.1 Å². The number of halogens is 2. The number of hydrogen-bond donors (Lipinski definition) is 4. The highest BCUT2D eigenvalue weighted by Gasteiger charge is 2.37. The van der Waals surface area contributed by atoms with Crippen LogP contribution in [0.3, 0.4) is 0 Å². The number of carbonyl (C=O) groups excluding carboxylic acids is 3. The van der Waals surface area contributed by atoms with E-state index in [2.05, 4.69) is 10.6 Å². The van der Waals surface area contributed by atoms with Crippen LogP contribution in [0.2, 0.25) is 10.0 Å². The molecule has 0 heterocycles. The van der Waals surface area contributed by atoms with Crippen molar-refractivity contribution >= 4 is 46.7 Å². The lowest BCUT2D eigenvalue weighted by Gasteiger charge is -2.35. The minimum atomic E-state index is -0.907. The van der Waals surface area contributed by atoms with Gasteiger partial charge in [-0.3, -0.25) is 14.8 Å². The molecule has 8 nitrogen and oxygen atoms in total. The van der Waals surface area contributed by atoms with Crippen LogP contribution in [0.1, 0.15) is 46.5 Å². The number of carbonyl (C=O) groups is 3. The first kappa shape index (κ1) is 25.2. The minimum Gasteiger partial charge on any atom is -0.331 e. The van der Waals surface area contributed by atoms with Gasteiger partial charge < -0.3 is 15.5 Å². The summed E-state index contributed by atoms with van der Waals surface area (Å²) in [5, 5.41) is 15.0. The number of hydrogen-bond acceptors (Lipinski definition) is 4. The molecule has 4 N–H and O–H groups in total. The van der Waals surface area contributed by atoms with Gasteiger partial charge in [0.05, 0.1) is 0 Å². The molecule has 0 bridgehead atoms. The number of anilines is 1. The van der Waals surface area contributed by atoms with Crippen molar-refractivity contribution in [2.24, 2.45) is 11.3 Å². The van der Waals surface area contributed by atoms with Gasteiger partial charge in [-0.05, 0) is 42.4 Å². The van der Waals surface area contributed by atoms with Crippen LogP contribution in [0.15, 0.2) is 18.2 Å². The number of amides is 4. The second kappa shape index (κ2) is 11.0. The van der Waals surface area contributed by atoms with Crippen LogP contribution in [-0.2, 0) is 9.59 Å². The van der Waals surface area contributed by atoms with Gasteiger partial charge >= 0.3 is 6.03 Å². The Hall–Kier alpha value is -2.03. The van der Waals surface area contributed by atoms with Gasteiger partial charge in [-0.2, -0.15) is 0 Å². The molecular formula is C21H30Cl2N4O4. The van der Waals surface area contributed by atoms with E-state index < -0.39 is 23.4 Å². The van der Waals surface area contributed by atoms with E-state index in [1.54, 1.807) is 23.7 Å². The van der Waals surface area contributed by atoms with E-state index in [-0.39, 0.29) is 12.5 Å². The van der Waals surface area contributed by atoms with Gasteiger partial charge in [0.2, 0.25) is 5.91 Å². The Kier molecular flexibility index (Phi) is 8.97. The number of urea groups is 1. The Bertz CT molecular complexity index is 787. The lowest BCUT2D eigenvalue weighted by atomic mass is 9.85. The highest BCUT2D eigenvalue weighted by Crippen LogP contribution is 2.28. The van der Waals surface area contributed by atoms with Gasteiger partial charge in [-0.25, -0.2) is 10.3 Å². The Morgan fingerprint density at radius 3 is 2.23 bits per heavy atom. The standard InChI is InChI=1S/C21H30Cl2N4O4/c1-21(2,3)18(25-20(30)24-16-9-14(22)8-15(23)10-16)19(29)27(12-17(28)26-31)11-13-6-4-5-7-13/h8-10,13,18,31H,4-7,11-12H2,1-3H3,(H,26,28)(H2,24,25,30)/t18-/m1/s1. The zero-order valence-electron chi connectivity index (χ0n) is 18.0. The largest absolute Gasteiger partial charge is 0.331 e. The minimum absolute atomic E-state index is 0.286. The summed E-state index contributed by atoms with van der Waals surface area (Å²) in [6.45, 7) is 5.58.